The van der Waals surface area contributed by atoms with Crippen molar-refractivity contribution < 1.29 is 9.21 Å². The molecule has 0 radical (unpaired) electrons. The molecule has 6 heteroatoms. The molecule has 0 fully saturated rings. The average Bonchev–Trinajstić information content (AvgIpc) is 3.17. The second-order valence-corrected chi connectivity index (χ2v) is 7.08. The molecule has 3 rings (SSSR count). The molecule has 28 heavy (non-hydrogen) atoms. The minimum Gasteiger partial charge on any atom is -0.467 e. The Hall–Kier alpha value is -2.79. The second kappa shape index (κ2) is 8.93. The minimum absolute atomic E-state index is 0.158. The number of halogens is 1. The van der Waals surface area contributed by atoms with Gasteiger partial charge >= 0.3 is 0 Å². The minimum atomic E-state index is -0.447. The summed E-state index contributed by atoms with van der Waals surface area (Å²) in [4.78, 5) is 25.8. The van der Waals surface area contributed by atoms with E-state index in [9.17, 15) is 9.59 Å². The van der Waals surface area contributed by atoms with Crippen LogP contribution in [0.2, 0.25) is 5.02 Å². The van der Waals surface area contributed by atoms with Crippen molar-refractivity contribution in [3.63, 3.8) is 0 Å². The van der Waals surface area contributed by atoms with Crippen molar-refractivity contribution in [2.45, 2.75) is 39.7 Å². The van der Waals surface area contributed by atoms with Crippen molar-refractivity contribution in [1.29, 1.82) is 0 Å². The second-order valence-electron chi connectivity index (χ2n) is 6.67. The van der Waals surface area contributed by atoms with E-state index in [1.54, 1.807) is 30.5 Å². The third-order valence-corrected chi connectivity index (χ3v) is 4.97. The van der Waals surface area contributed by atoms with Gasteiger partial charge in [-0.25, -0.2) is 0 Å². The van der Waals surface area contributed by atoms with Gasteiger partial charge in [-0.1, -0.05) is 37.1 Å². The standard InChI is InChI=1S/C22H23ClN2O3/c1-3-4-11-19-21(22(27)24-18-10-6-5-9-17(18)23)20(26)13-15(2)25(19)14-16-8-7-12-28-16/h5-10,12-13H,3-4,11,14H2,1-2H3,(H,24,27). The van der Waals surface area contributed by atoms with E-state index >= 15 is 0 Å². The highest BCUT2D eigenvalue weighted by atomic mass is 35.5. The summed E-state index contributed by atoms with van der Waals surface area (Å²) in [6.45, 7) is 4.41. The predicted octanol–water partition coefficient (Wildman–Crippen LogP) is 5.05. The molecular formula is C22H23ClN2O3. The van der Waals surface area contributed by atoms with Crippen molar-refractivity contribution >= 4 is 23.2 Å². The fourth-order valence-electron chi connectivity index (χ4n) is 3.20. The number of amides is 1. The van der Waals surface area contributed by atoms with Gasteiger partial charge in [-0.2, -0.15) is 0 Å². The van der Waals surface area contributed by atoms with Crippen molar-refractivity contribution in [3.8, 4) is 0 Å². The Balaban J connectivity index is 2.06. The van der Waals surface area contributed by atoms with Crippen LogP contribution in [0.5, 0.6) is 0 Å². The van der Waals surface area contributed by atoms with Gasteiger partial charge in [0, 0.05) is 17.5 Å². The summed E-state index contributed by atoms with van der Waals surface area (Å²) in [6.07, 6.45) is 4.06. The lowest BCUT2D eigenvalue weighted by Crippen LogP contribution is -2.28. The van der Waals surface area contributed by atoms with E-state index in [4.69, 9.17) is 16.0 Å². The summed E-state index contributed by atoms with van der Waals surface area (Å²) in [6, 6.07) is 12.2. The molecule has 0 spiro atoms. The summed E-state index contributed by atoms with van der Waals surface area (Å²) in [5.74, 6) is 0.319. The number of hydrogen-bond acceptors (Lipinski definition) is 3. The van der Waals surface area contributed by atoms with E-state index in [2.05, 4.69) is 12.2 Å². The molecule has 1 aromatic carbocycles. The molecule has 0 aliphatic heterocycles. The lowest BCUT2D eigenvalue weighted by Gasteiger charge is -2.19. The smallest absolute Gasteiger partial charge is 0.261 e. The Kier molecular flexibility index (Phi) is 6.37. The third-order valence-electron chi connectivity index (χ3n) is 4.64. The summed E-state index contributed by atoms with van der Waals surface area (Å²) >= 11 is 6.16. The molecule has 3 aromatic rings. The number of hydrogen-bond donors (Lipinski definition) is 1. The van der Waals surface area contributed by atoms with Gasteiger partial charge in [0.2, 0.25) is 0 Å². The van der Waals surface area contributed by atoms with Crippen LogP contribution in [0.4, 0.5) is 5.69 Å². The van der Waals surface area contributed by atoms with Crippen LogP contribution in [-0.4, -0.2) is 10.5 Å². The van der Waals surface area contributed by atoms with Crippen molar-refractivity contribution in [3.05, 3.63) is 86.7 Å². The maximum absolute atomic E-state index is 13.0. The Morgan fingerprint density at radius 1 is 1.21 bits per heavy atom. The lowest BCUT2D eigenvalue weighted by atomic mass is 10.0. The number of anilines is 1. The first-order valence-corrected chi connectivity index (χ1v) is 9.70. The highest BCUT2D eigenvalue weighted by Gasteiger charge is 2.21. The number of carbonyl (C=O) groups is 1. The highest BCUT2D eigenvalue weighted by Crippen LogP contribution is 2.22. The number of aryl methyl sites for hydroxylation is 1. The van der Waals surface area contributed by atoms with Gasteiger partial charge < -0.3 is 14.3 Å². The van der Waals surface area contributed by atoms with Gasteiger partial charge in [0.1, 0.15) is 11.3 Å². The highest BCUT2D eigenvalue weighted by molar-refractivity contribution is 6.33. The fourth-order valence-corrected chi connectivity index (χ4v) is 3.39. The molecule has 1 amide bonds. The number of nitrogens with zero attached hydrogens (tertiary/aromatic N) is 1. The first-order chi connectivity index (χ1) is 13.5. The molecule has 0 bridgehead atoms. The molecular weight excluding hydrogens is 376 g/mol. The lowest BCUT2D eigenvalue weighted by molar-refractivity contribution is 0.102. The van der Waals surface area contributed by atoms with Crippen LogP contribution in [0.25, 0.3) is 0 Å². The molecule has 2 aromatic heterocycles. The van der Waals surface area contributed by atoms with E-state index in [-0.39, 0.29) is 11.0 Å². The number of carbonyl (C=O) groups excluding carboxylic acids is 1. The topological polar surface area (TPSA) is 64.2 Å². The van der Waals surface area contributed by atoms with Crippen LogP contribution >= 0.6 is 11.6 Å². The first-order valence-electron chi connectivity index (χ1n) is 9.32. The van der Waals surface area contributed by atoms with E-state index in [0.717, 1.165) is 24.3 Å². The summed E-state index contributed by atoms with van der Waals surface area (Å²) in [5.41, 5.74) is 1.86. The summed E-state index contributed by atoms with van der Waals surface area (Å²) in [7, 11) is 0. The van der Waals surface area contributed by atoms with Crippen molar-refractivity contribution in [2.24, 2.45) is 0 Å². The van der Waals surface area contributed by atoms with E-state index in [1.807, 2.05) is 23.6 Å². The molecule has 0 aliphatic rings. The van der Waals surface area contributed by atoms with E-state index in [0.29, 0.717) is 29.4 Å². The number of pyridine rings is 1. The van der Waals surface area contributed by atoms with Gasteiger partial charge in [0.25, 0.3) is 5.91 Å². The van der Waals surface area contributed by atoms with Gasteiger partial charge in [0.15, 0.2) is 5.43 Å². The van der Waals surface area contributed by atoms with Gasteiger partial charge in [0.05, 0.1) is 23.5 Å². The van der Waals surface area contributed by atoms with Gasteiger partial charge in [-0.3, -0.25) is 9.59 Å². The quantitative estimate of drug-likeness (QED) is 0.605. The molecule has 0 atom stereocenters. The van der Waals surface area contributed by atoms with Crippen LogP contribution in [-0.2, 0) is 13.0 Å². The zero-order chi connectivity index (χ0) is 20.1. The van der Waals surface area contributed by atoms with Crippen LogP contribution in [0, 0.1) is 6.92 Å². The number of rotatable bonds is 7. The molecule has 0 saturated carbocycles. The molecule has 146 valence electrons. The monoisotopic (exact) mass is 398 g/mol. The average molecular weight is 399 g/mol. The van der Waals surface area contributed by atoms with Crippen LogP contribution in [0.1, 0.15) is 47.3 Å². The Labute approximate surface area is 169 Å². The Bertz CT molecular complexity index is 1020. The summed E-state index contributed by atoms with van der Waals surface area (Å²) in [5, 5.41) is 3.21. The van der Waals surface area contributed by atoms with Crippen LogP contribution < -0.4 is 10.7 Å². The van der Waals surface area contributed by atoms with E-state index < -0.39 is 5.91 Å². The zero-order valence-electron chi connectivity index (χ0n) is 16.0. The summed E-state index contributed by atoms with van der Waals surface area (Å²) < 4.78 is 7.46. The number of benzene rings is 1. The fraction of sp³-hybridized carbons (Fsp3) is 0.273. The van der Waals surface area contributed by atoms with Crippen molar-refractivity contribution in [2.75, 3.05) is 5.32 Å². The maximum Gasteiger partial charge on any atom is 0.261 e. The molecule has 1 N–H and O–H groups in total. The van der Waals surface area contributed by atoms with E-state index in [1.165, 1.54) is 6.07 Å². The first kappa shape index (κ1) is 20.0. The number of unbranched alkanes of at least 4 members (excludes halogenated alkanes) is 1. The van der Waals surface area contributed by atoms with Gasteiger partial charge in [-0.15, -0.1) is 0 Å². The van der Waals surface area contributed by atoms with Crippen molar-refractivity contribution in [1.82, 2.24) is 4.57 Å². The van der Waals surface area contributed by atoms with Gasteiger partial charge in [-0.05, 0) is 44.0 Å². The largest absolute Gasteiger partial charge is 0.467 e. The third kappa shape index (κ3) is 4.37. The zero-order valence-corrected chi connectivity index (χ0v) is 16.8. The predicted molar refractivity (Wildman–Crippen MR) is 111 cm³/mol. The number of nitrogens with one attached hydrogen (secondary N) is 1. The SMILES string of the molecule is CCCCc1c(C(=O)Nc2ccccc2Cl)c(=O)cc(C)n1Cc1ccco1. The number of furan rings is 1. The van der Waals surface area contributed by atoms with Crippen LogP contribution in [0.15, 0.2) is 57.9 Å². The Morgan fingerprint density at radius 2 is 2.00 bits per heavy atom. The maximum atomic E-state index is 13.0. The Morgan fingerprint density at radius 3 is 2.68 bits per heavy atom. The molecule has 5 nitrogen and oxygen atoms in total. The number of para-hydroxylation sites is 1. The molecule has 2 heterocycles. The normalized spacial score (nSPS) is 10.8. The molecule has 0 unspecified atom stereocenters. The molecule has 0 saturated heterocycles. The van der Waals surface area contributed by atoms with Crippen LogP contribution in [0.3, 0.4) is 0 Å². The molecule has 0 aliphatic carbocycles. The number of aromatic nitrogens is 1.